The van der Waals surface area contributed by atoms with E-state index in [2.05, 4.69) is 35.8 Å². The van der Waals surface area contributed by atoms with Gasteiger partial charge in [-0.25, -0.2) is 4.98 Å². The monoisotopic (exact) mass is 684 g/mol. The van der Waals surface area contributed by atoms with E-state index in [-0.39, 0.29) is 71.1 Å². The van der Waals surface area contributed by atoms with Gasteiger partial charge in [0.05, 0.1) is 11.0 Å². The first kappa shape index (κ1) is 38.2. The molecule has 1 aromatic heterocycles. The molecule has 2 nitrogen and oxygen atoms in total. The van der Waals surface area contributed by atoms with Gasteiger partial charge in [0.25, 0.3) is 0 Å². The third kappa shape index (κ3) is 5.53. The number of aryl methyl sites for hydroxylation is 2. The Morgan fingerprint density at radius 1 is 0.446 bits per heavy atom. The second-order valence-corrected chi connectivity index (χ2v) is 14.1. The molecule has 0 bridgehead atoms. The van der Waals surface area contributed by atoms with Crippen molar-refractivity contribution in [1.82, 2.24) is 9.55 Å². The largest absolute Gasteiger partial charge is 0.296 e. The molecule has 234 valence electrons. The van der Waals surface area contributed by atoms with Gasteiger partial charge < -0.3 is 0 Å². The number of benzene rings is 7. The summed E-state index contributed by atoms with van der Waals surface area (Å²) in [5, 5.41) is 1.85. The van der Waals surface area contributed by atoms with Crippen molar-refractivity contribution in [3.05, 3.63) is 84.2 Å². The van der Waals surface area contributed by atoms with Gasteiger partial charge in [-0.1, -0.05) is 82.3 Å². The lowest BCUT2D eigenvalue weighted by Crippen LogP contribution is -2.55. The molecule has 0 unspecified atom stereocenters. The smallest absolute Gasteiger partial charge is 0.114 e. The Balaban J connectivity index is 1.51. The maximum absolute atomic E-state index is 7.00. The second-order valence-electron chi connectivity index (χ2n) is 14.1. The number of para-hydroxylation sites is 2. The summed E-state index contributed by atoms with van der Waals surface area (Å²) >= 11 is 0. The molecule has 0 amide bonds. The summed E-state index contributed by atoms with van der Waals surface area (Å²) in [5.41, 5.74) is 8.54. The molecular formula is C42H20B12N2. The molecule has 0 saturated heterocycles. The first-order chi connectivity index (χ1) is 26.7. The Morgan fingerprint density at radius 3 is 1.55 bits per heavy atom. The van der Waals surface area contributed by atoms with Crippen LogP contribution in [0.3, 0.4) is 0 Å². The van der Waals surface area contributed by atoms with E-state index in [9.17, 15) is 0 Å². The number of nitrogens with zero attached hydrogens (tertiary/aromatic N) is 2. The summed E-state index contributed by atoms with van der Waals surface area (Å²) in [7, 11) is 80.1. The highest BCUT2D eigenvalue weighted by Crippen LogP contribution is 2.42. The molecule has 24 radical (unpaired) electrons. The lowest BCUT2D eigenvalue weighted by molar-refractivity contribution is 0.908. The lowest BCUT2D eigenvalue weighted by Gasteiger charge is -2.31. The van der Waals surface area contributed by atoms with Gasteiger partial charge in [-0.15, -0.1) is 38.2 Å². The molecule has 0 fully saturated rings. The molecular weight excluding hydrogens is 662 g/mol. The third-order valence-electron chi connectivity index (χ3n) is 11.0. The van der Waals surface area contributed by atoms with Gasteiger partial charge in [0, 0.05) is 12.1 Å². The first-order valence-electron chi connectivity index (χ1n) is 17.9. The highest BCUT2D eigenvalue weighted by Gasteiger charge is 2.27. The fourth-order valence-electron chi connectivity index (χ4n) is 8.05. The van der Waals surface area contributed by atoms with Crippen LogP contribution in [0, 0.1) is 6.92 Å². The number of imidazole rings is 1. The maximum atomic E-state index is 7.00. The van der Waals surface area contributed by atoms with Crippen LogP contribution >= 0.6 is 0 Å². The average molecular weight is 682 g/mol. The summed E-state index contributed by atoms with van der Waals surface area (Å²) in [6.45, 7) is 3.91. The van der Waals surface area contributed by atoms with E-state index in [1.165, 1.54) is 0 Å². The van der Waals surface area contributed by atoms with Gasteiger partial charge in [0.15, 0.2) is 0 Å². The van der Waals surface area contributed by atoms with Crippen LogP contribution in [0.1, 0.15) is 18.3 Å². The molecule has 0 aliphatic rings. The Hall–Kier alpha value is -4.69. The highest BCUT2D eigenvalue weighted by molar-refractivity contribution is 6.72. The van der Waals surface area contributed by atoms with Crippen LogP contribution in [-0.2, 0) is 6.42 Å². The highest BCUT2D eigenvalue weighted by atomic mass is 15.1. The van der Waals surface area contributed by atoms with Gasteiger partial charge in [0.1, 0.15) is 100.0 Å². The van der Waals surface area contributed by atoms with Crippen molar-refractivity contribution >= 4 is 192 Å². The number of hydrogen-bond donors (Lipinski definition) is 0. The van der Waals surface area contributed by atoms with Crippen LogP contribution in [0.2, 0.25) is 0 Å². The van der Waals surface area contributed by atoms with E-state index in [0.717, 1.165) is 45.7 Å². The Kier molecular flexibility index (Phi) is 9.58. The van der Waals surface area contributed by atoms with Crippen molar-refractivity contribution in [3.63, 3.8) is 0 Å². The Morgan fingerprint density at radius 2 is 0.929 bits per heavy atom. The minimum Gasteiger partial charge on any atom is -0.296 e. The standard InChI is InChI=1S/C42H20B12N2/c1-3-23-55-21-12-4-5-13-22(21)56(23)20-11-7-9-18(15-20)17-8-6-10-19(14-17)25-27-24(16(2)31(43)37(49)32(27)44)26(29-28(25)33(45)38(50)39(51)34(29)46)30-35(47)40(52)42(54)41(53)36(30)48/h4-15H,3H2,1-2H3. The summed E-state index contributed by atoms with van der Waals surface area (Å²) in [4.78, 5) is 4.89. The van der Waals surface area contributed by atoms with E-state index in [1.807, 2.05) is 55.5 Å². The van der Waals surface area contributed by atoms with Gasteiger partial charge in [-0.2, -0.15) is 0 Å². The van der Waals surface area contributed by atoms with Gasteiger partial charge in [-0.05, 0) is 92.2 Å². The Labute approximate surface area is 343 Å². The molecule has 14 heteroatoms. The van der Waals surface area contributed by atoms with Gasteiger partial charge in [-0.3, -0.25) is 4.57 Å². The van der Waals surface area contributed by atoms with Crippen LogP contribution in [0.25, 0.3) is 71.6 Å². The second kappa shape index (κ2) is 14.0. The molecule has 0 saturated carbocycles. The van der Waals surface area contributed by atoms with Crippen molar-refractivity contribution in [3.8, 4) is 39.1 Å². The van der Waals surface area contributed by atoms with E-state index in [0.29, 0.717) is 38.2 Å². The minimum atomic E-state index is 0.0331. The van der Waals surface area contributed by atoms with Crippen molar-refractivity contribution in [1.29, 1.82) is 0 Å². The minimum absolute atomic E-state index is 0.0331. The summed E-state index contributed by atoms with van der Waals surface area (Å²) < 4.78 is 2.18. The molecule has 8 rings (SSSR count). The van der Waals surface area contributed by atoms with Crippen molar-refractivity contribution in [2.45, 2.75) is 20.3 Å². The zero-order valence-corrected chi connectivity index (χ0v) is 31.0. The number of hydrogen-bond acceptors (Lipinski definition) is 1. The normalized spacial score (nSPS) is 11.6. The van der Waals surface area contributed by atoms with Gasteiger partial charge in [0.2, 0.25) is 0 Å². The van der Waals surface area contributed by atoms with Gasteiger partial charge >= 0.3 is 0 Å². The average Bonchev–Trinajstić information content (AvgIpc) is 3.60. The van der Waals surface area contributed by atoms with Crippen molar-refractivity contribution in [2.75, 3.05) is 0 Å². The quantitative estimate of drug-likeness (QED) is 0.138. The van der Waals surface area contributed by atoms with E-state index in [4.69, 9.17) is 99.1 Å². The first-order valence-corrected chi connectivity index (χ1v) is 17.9. The van der Waals surface area contributed by atoms with Crippen LogP contribution < -0.4 is 65.6 Å². The third-order valence-corrected chi connectivity index (χ3v) is 11.0. The predicted molar refractivity (Wildman–Crippen MR) is 251 cm³/mol. The van der Waals surface area contributed by atoms with Crippen molar-refractivity contribution < 1.29 is 0 Å². The fraction of sp³-hybridized carbons (Fsp3) is 0.0714. The van der Waals surface area contributed by atoms with Crippen LogP contribution in [-0.4, -0.2) is 104 Å². The fourth-order valence-corrected chi connectivity index (χ4v) is 8.05. The maximum Gasteiger partial charge on any atom is 0.114 e. The molecule has 7 aromatic carbocycles. The van der Waals surface area contributed by atoms with Crippen LogP contribution in [0.4, 0.5) is 0 Å². The summed E-state index contributed by atoms with van der Waals surface area (Å²) in [6.07, 6.45) is 0.754. The van der Waals surface area contributed by atoms with E-state index >= 15 is 0 Å². The summed E-state index contributed by atoms with van der Waals surface area (Å²) in [6, 6.07) is 24.4. The zero-order chi connectivity index (χ0) is 40.1. The molecule has 8 aromatic rings. The molecule has 0 atom stereocenters. The predicted octanol–water partition coefficient (Wildman–Crippen LogP) is -3.27. The lowest BCUT2D eigenvalue weighted by atomic mass is 9.57. The van der Waals surface area contributed by atoms with E-state index in [1.54, 1.807) is 0 Å². The number of aromatic nitrogens is 2. The molecule has 0 aliphatic heterocycles. The van der Waals surface area contributed by atoms with Crippen LogP contribution in [0.5, 0.6) is 0 Å². The topological polar surface area (TPSA) is 17.8 Å². The zero-order valence-electron chi connectivity index (χ0n) is 31.0. The van der Waals surface area contributed by atoms with E-state index < -0.39 is 0 Å². The SMILES string of the molecule is [B]c1c([B])c([B])c(-c2c3c([B])c([B])c([B])c([B])c3c(-c3cccc(-c4cccc(-n5c(CC)nc6ccccc65)c4)c3)c3c([B])c([B])c([B])c(C)c23)c([B])c1[B]. The molecule has 0 N–H and O–H groups in total. The molecule has 1 heterocycles. The Bertz CT molecular complexity index is 2900. The summed E-state index contributed by atoms with van der Waals surface area (Å²) in [5.74, 6) is 0.952. The molecule has 0 aliphatic carbocycles. The van der Waals surface area contributed by atoms with Crippen LogP contribution in [0.15, 0.2) is 72.8 Å². The number of fused-ring (bicyclic) bond motifs is 3. The van der Waals surface area contributed by atoms with Crippen molar-refractivity contribution in [2.24, 2.45) is 0 Å². The molecule has 56 heavy (non-hydrogen) atoms. The number of rotatable bonds is 5. The molecule has 0 spiro atoms.